The summed E-state index contributed by atoms with van der Waals surface area (Å²) in [5.41, 5.74) is 0. The maximum absolute atomic E-state index is 5.61. The van der Waals surface area contributed by atoms with E-state index in [-0.39, 0.29) is 0 Å². The third-order valence-electron chi connectivity index (χ3n) is 4.53. The van der Waals surface area contributed by atoms with Gasteiger partial charge in [0.25, 0.3) is 0 Å². The Balaban J connectivity index is 1.47. The Morgan fingerprint density at radius 2 is 2.00 bits per heavy atom. The van der Waals surface area contributed by atoms with Crippen LogP contribution in [0.5, 0.6) is 0 Å². The number of ether oxygens (including phenoxy) is 1. The van der Waals surface area contributed by atoms with Crippen molar-refractivity contribution in [1.29, 1.82) is 0 Å². The van der Waals surface area contributed by atoms with Gasteiger partial charge in [0.1, 0.15) is 0 Å². The molecule has 0 aliphatic carbocycles. The molecule has 2 N–H and O–H groups in total. The molecule has 6 heteroatoms. The highest BCUT2D eigenvalue weighted by molar-refractivity contribution is 5.79. The molecular weight excluding hydrogens is 278 g/mol. The first-order valence-electron chi connectivity index (χ1n) is 8.75. The number of nitrogens with zero attached hydrogens (tertiary/aromatic N) is 3. The number of piperazine rings is 1. The first-order chi connectivity index (χ1) is 10.8. The SMILES string of the molecule is CN=C(NCCCCN1CCN(C)CC1)NCC1CCCO1. The fourth-order valence-electron chi connectivity index (χ4n) is 2.98. The largest absolute Gasteiger partial charge is 0.376 e. The fourth-order valence-corrected chi connectivity index (χ4v) is 2.98. The number of unbranched alkanes of at least 4 members (excludes halogenated alkanes) is 1. The van der Waals surface area contributed by atoms with Gasteiger partial charge in [-0.3, -0.25) is 4.99 Å². The number of hydrogen-bond acceptors (Lipinski definition) is 4. The van der Waals surface area contributed by atoms with Crippen LogP contribution >= 0.6 is 0 Å². The van der Waals surface area contributed by atoms with Crippen LogP contribution in [0.15, 0.2) is 4.99 Å². The number of aliphatic imine (C=N–C) groups is 1. The maximum atomic E-state index is 5.61. The van der Waals surface area contributed by atoms with Gasteiger partial charge in [-0.1, -0.05) is 0 Å². The van der Waals surface area contributed by atoms with Gasteiger partial charge in [-0.25, -0.2) is 0 Å². The van der Waals surface area contributed by atoms with E-state index in [0.29, 0.717) is 6.10 Å². The normalized spacial score (nSPS) is 24.6. The molecule has 128 valence electrons. The van der Waals surface area contributed by atoms with Crippen molar-refractivity contribution in [3.8, 4) is 0 Å². The molecule has 22 heavy (non-hydrogen) atoms. The smallest absolute Gasteiger partial charge is 0.191 e. The minimum absolute atomic E-state index is 0.357. The molecule has 0 amide bonds. The van der Waals surface area contributed by atoms with Crippen LogP contribution in [0, 0.1) is 0 Å². The van der Waals surface area contributed by atoms with Crippen molar-refractivity contribution < 1.29 is 4.74 Å². The van der Waals surface area contributed by atoms with Gasteiger partial charge in [-0.05, 0) is 39.3 Å². The summed E-state index contributed by atoms with van der Waals surface area (Å²) in [5.74, 6) is 0.898. The van der Waals surface area contributed by atoms with E-state index in [9.17, 15) is 0 Å². The minimum Gasteiger partial charge on any atom is -0.376 e. The summed E-state index contributed by atoms with van der Waals surface area (Å²) in [6.45, 7) is 8.82. The predicted molar refractivity (Wildman–Crippen MR) is 91.5 cm³/mol. The lowest BCUT2D eigenvalue weighted by Gasteiger charge is -2.32. The first kappa shape index (κ1) is 17.5. The molecule has 0 spiro atoms. The summed E-state index contributed by atoms with van der Waals surface area (Å²) < 4.78 is 5.61. The third kappa shape index (κ3) is 6.50. The van der Waals surface area contributed by atoms with E-state index < -0.39 is 0 Å². The molecule has 0 aromatic rings. The van der Waals surface area contributed by atoms with E-state index in [1.54, 1.807) is 0 Å². The molecular formula is C16H33N5O. The van der Waals surface area contributed by atoms with Crippen LogP contribution in [0.4, 0.5) is 0 Å². The number of hydrogen-bond donors (Lipinski definition) is 2. The Bertz CT molecular complexity index is 322. The Kier molecular flexibility index (Phi) is 7.98. The van der Waals surface area contributed by atoms with Gasteiger partial charge in [-0.15, -0.1) is 0 Å². The van der Waals surface area contributed by atoms with E-state index in [0.717, 1.165) is 32.1 Å². The highest BCUT2D eigenvalue weighted by Gasteiger charge is 2.15. The van der Waals surface area contributed by atoms with Crippen molar-refractivity contribution in [3.05, 3.63) is 0 Å². The summed E-state index contributed by atoms with van der Waals surface area (Å²) in [7, 11) is 4.03. The van der Waals surface area contributed by atoms with E-state index in [1.165, 1.54) is 52.0 Å². The lowest BCUT2D eigenvalue weighted by atomic mass is 10.2. The maximum Gasteiger partial charge on any atom is 0.191 e. The number of rotatable bonds is 7. The highest BCUT2D eigenvalue weighted by Crippen LogP contribution is 2.10. The molecule has 0 aromatic heterocycles. The molecule has 2 fully saturated rings. The predicted octanol–water partition coefficient (Wildman–Crippen LogP) is 0.358. The zero-order valence-corrected chi connectivity index (χ0v) is 14.3. The fraction of sp³-hybridized carbons (Fsp3) is 0.938. The van der Waals surface area contributed by atoms with Crippen molar-refractivity contribution in [2.24, 2.45) is 4.99 Å². The van der Waals surface area contributed by atoms with Crippen LogP contribution < -0.4 is 10.6 Å². The number of likely N-dealkylation sites (N-methyl/N-ethyl adjacent to an activating group) is 1. The Labute approximate surface area is 135 Å². The van der Waals surface area contributed by atoms with Crippen molar-refractivity contribution in [3.63, 3.8) is 0 Å². The van der Waals surface area contributed by atoms with E-state index >= 15 is 0 Å². The zero-order valence-electron chi connectivity index (χ0n) is 14.3. The van der Waals surface area contributed by atoms with E-state index in [2.05, 4.69) is 32.5 Å². The van der Waals surface area contributed by atoms with Gasteiger partial charge >= 0.3 is 0 Å². The Morgan fingerprint density at radius 3 is 2.68 bits per heavy atom. The van der Waals surface area contributed by atoms with Crippen LogP contribution in [-0.2, 0) is 4.74 Å². The Morgan fingerprint density at radius 1 is 1.18 bits per heavy atom. The highest BCUT2D eigenvalue weighted by atomic mass is 16.5. The second kappa shape index (κ2) is 10.0. The summed E-state index contributed by atoms with van der Waals surface area (Å²) in [6.07, 6.45) is 5.14. The molecule has 1 atom stereocenters. The lowest BCUT2D eigenvalue weighted by molar-refractivity contribution is 0.114. The molecule has 0 bridgehead atoms. The van der Waals surface area contributed by atoms with Crippen LogP contribution in [0.1, 0.15) is 25.7 Å². The van der Waals surface area contributed by atoms with E-state index in [4.69, 9.17) is 4.74 Å². The monoisotopic (exact) mass is 311 g/mol. The van der Waals surface area contributed by atoms with Gasteiger partial charge < -0.3 is 25.2 Å². The van der Waals surface area contributed by atoms with Crippen LogP contribution in [0.2, 0.25) is 0 Å². The van der Waals surface area contributed by atoms with Crippen LogP contribution in [-0.4, -0.2) is 88.4 Å². The van der Waals surface area contributed by atoms with Crippen LogP contribution in [0.3, 0.4) is 0 Å². The van der Waals surface area contributed by atoms with Gasteiger partial charge in [0.2, 0.25) is 0 Å². The quantitative estimate of drug-likeness (QED) is 0.404. The minimum atomic E-state index is 0.357. The van der Waals surface area contributed by atoms with Crippen LogP contribution in [0.25, 0.3) is 0 Å². The third-order valence-corrected chi connectivity index (χ3v) is 4.53. The summed E-state index contributed by atoms with van der Waals surface area (Å²) in [4.78, 5) is 9.25. The Hall–Kier alpha value is -0.850. The molecule has 2 heterocycles. The summed E-state index contributed by atoms with van der Waals surface area (Å²) in [6, 6.07) is 0. The topological polar surface area (TPSA) is 52.1 Å². The van der Waals surface area contributed by atoms with Gasteiger partial charge in [0.05, 0.1) is 6.10 Å². The lowest BCUT2D eigenvalue weighted by Crippen LogP contribution is -2.45. The molecule has 2 aliphatic rings. The number of nitrogens with one attached hydrogen (secondary N) is 2. The average Bonchev–Trinajstić information content (AvgIpc) is 3.05. The average molecular weight is 311 g/mol. The second-order valence-electron chi connectivity index (χ2n) is 6.37. The molecule has 2 saturated heterocycles. The van der Waals surface area contributed by atoms with Gasteiger partial charge in [0, 0.05) is 52.9 Å². The molecule has 2 aliphatic heterocycles. The molecule has 1 unspecified atom stereocenters. The summed E-state index contributed by atoms with van der Waals surface area (Å²) in [5, 5.41) is 6.75. The van der Waals surface area contributed by atoms with Crippen molar-refractivity contribution in [2.45, 2.75) is 31.8 Å². The zero-order chi connectivity index (χ0) is 15.6. The molecule has 0 radical (unpaired) electrons. The molecule has 0 aromatic carbocycles. The van der Waals surface area contributed by atoms with Crippen molar-refractivity contribution in [2.75, 3.05) is 66.5 Å². The van der Waals surface area contributed by atoms with Crippen molar-refractivity contribution in [1.82, 2.24) is 20.4 Å². The van der Waals surface area contributed by atoms with Crippen molar-refractivity contribution >= 4 is 5.96 Å². The van der Waals surface area contributed by atoms with Gasteiger partial charge in [-0.2, -0.15) is 0 Å². The summed E-state index contributed by atoms with van der Waals surface area (Å²) >= 11 is 0. The van der Waals surface area contributed by atoms with E-state index in [1.807, 2.05) is 7.05 Å². The first-order valence-corrected chi connectivity index (χ1v) is 8.75. The van der Waals surface area contributed by atoms with Gasteiger partial charge in [0.15, 0.2) is 5.96 Å². The molecule has 2 rings (SSSR count). The standard InChI is InChI=1S/C16H33N5O/c1-17-16(19-14-15-6-5-13-22-15)18-7-3-4-8-21-11-9-20(2)10-12-21/h15H,3-14H2,1-2H3,(H2,17,18,19). The second-order valence-corrected chi connectivity index (χ2v) is 6.37. The molecule has 0 saturated carbocycles. The number of guanidine groups is 1. The molecule has 6 nitrogen and oxygen atoms in total.